The number of nitrogens with one attached hydrogen (secondary N) is 1. The highest BCUT2D eigenvalue weighted by molar-refractivity contribution is 7.91. The number of nitrogens with zero attached hydrogens (tertiary/aromatic N) is 1. The zero-order valence-electron chi connectivity index (χ0n) is 9.13. The molecule has 1 heterocycles. The zero-order valence-corrected chi connectivity index (χ0v) is 9.94. The third-order valence-electron chi connectivity index (χ3n) is 2.34. The van der Waals surface area contributed by atoms with Gasteiger partial charge in [0.25, 0.3) is 0 Å². The minimum atomic E-state index is -3.28. The molecule has 2 aromatic rings. The van der Waals surface area contributed by atoms with Gasteiger partial charge in [-0.3, -0.25) is 5.10 Å². The number of hydrogen-bond acceptors (Lipinski definition) is 3. The van der Waals surface area contributed by atoms with Crippen molar-refractivity contribution in [1.29, 1.82) is 0 Å². The van der Waals surface area contributed by atoms with Crippen LogP contribution in [-0.4, -0.2) is 24.4 Å². The highest BCUT2D eigenvalue weighted by Gasteiger charge is 2.13. The number of sulfone groups is 1. The first kappa shape index (κ1) is 11.6. The Bertz CT molecular complexity index is 616. The van der Waals surface area contributed by atoms with Crippen LogP contribution in [0.15, 0.2) is 54.1 Å². The minimum absolute atomic E-state index is 0.0561. The van der Waals surface area contributed by atoms with Crippen LogP contribution in [0, 0.1) is 0 Å². The standard InChI is InChI=1S/C12H12N2O2S/c1-2-8-17(15,16)11-5-3-4-10(9-11)12-6-7-13-14-12/h2-7,9H,1,8H2,(H,13,14). The second kappa shape index (κ2) is 4.55. The summed E-state index contributed by atoms with van der Waals surface area (Å²) < 4.78 is 23.7. The molecule has 0 unspecified atom stereocenters. The maximum absolute atomic E-state index is 11.9. The monoisotopic (exact) mass is 248 g/mol. The molecular weight excluding hydrogens is 236 g/mol. The van der Waals surface area contributed by atoms with E-state index in [0.717, 1.165) is 11.3 Å². The van der Waals surface area contributed by atoms with E-state index in [4.69, 9.17) is 0 Å². The van der Waals surface area contributed by atoms with E-state index in [1.165, 1.54) is 6.08 Å². The van der Waals surface area contributed by atoms with E-state index in [-0.39, 0.29) is 5.75 Å². The molecule has 0 fully saturated rings. The summed E-state index contributed by atoms with van der Waals surface area (Å²) in [5.74, 6) is -0.0561. The molecule has 0 aliphatic rings. The van der Waals surface area contributed by atoms with Gasteiger partial charge in [0.2, 0.25) is 0 Å². The van der Waals surface area contributed by atoms with E-state index in [9.17, 15) is 8.42 Å². The Labute approximate surface area is 99.9 Å². The summed E-state index contributed by atoms with van der Waals surface area (Å²) in [6.45, 7) is 3.45. The van der Waals surface area contributed by atoms with Crippen molar-refractivity contribution >= 4 is 9.84 Å². The average Bonchev–Trinajstić information content (AvgIpc) is 2.82. The predicted octanol–water partition coefficient (Wildman–Crippen LogP) is 2.04. The molecule has 17 heavy (non-hydrogen) atoms. The molecule has 88 valence electrons. The van der Waals surface area contributed by atoms with Crippen LogP contribution in [0.1, 0.15) is 0 Å². The van der Waals surface area contributed by atoms with E-state index < -0.39 is 9.84 Å². The van der Waals surface area contributed by atoms with E-state index in [1.54, 1.807) is 30.5 Å². The summed E-state index contributed by atoms with van der Waals surface area (Å²) in [7, 11) is -3.28. The Kier molecular flexibility index (Phi) is 3.10. The van der Waals surface area contributed by atoms with Crippen molar-refractivity contribution in [3.05, 3.63) is 49.2 Å². The van der Waals surface area contributed by atoms with E-state index >= 15 is 0 Å². The van der Waals surface area contributed by atoms with Crippen molar-refractivity contribution in [2.45, 2.75) is 4.90 Å². The van der Waals surface area contributed by atoms with Crippen molar-refractivity contribution in [3.8, 4) is 11.3 Å². The van der Waals surface area contributed by atoms with Crippen LogP contribution >= 0.6 is 0 Å². The quantitative estimate of drug-likeness (QED) is 0.842. The first-order valence-electron chi connectivity index (χ1n) is 5.07. The number of benzene rings is 1. The Hall–Kier alpha value is -1.88. The summed E-state index contributed by atoms with van der Waals surface area (Å²) >= 11 is 0. The molecule has 0 amide bonds. The van der Waals surface area contributed by atoms with Gasteiger partial charge in [-0.25, -0.2) is 8.42 Å². The lowest BCUT2D eigenvalue weighted by molar-refractivity contribution is 0.599. The van der Waals surface area contributed by atoms with Crippen molar-refractivity contribution in [3.63, 3.8) is 0 Å². The zero-order chi connectivity index (χ0) is 12.3. The Morgan fingerprint density at radius 3 is 2.82 bits per heavy atom. The summed E-state index contributed by atoms with van der Waals surface area (Å²) in [5.41, 5.74) is 1.59. The lowest BCUT2D eigenvalue weighted by atomic mass is 10.2. The fraction of sp³-hybridized carbons (Fsp3) is 0.0833. The molecule has 0 saturated carbocycles. The predicted molar refractivity (Wildman–Crippen MR) is 66.3 cm³/mol. The topological polar surface area (TPSA) is 62.8 Å². The molecule has 0 atom stereocenters. The molecule has 0 aliphatic carbocycles. The van der Waals surface area contributed by atoms with Crippen LogP contribution in [0.3, 0.4) is 0 Å². The molecule has 0 saturated heterocycles. The molecule has 5 heteroatoms. The SMILES string of the molecule is C=CCS(=O)(=O)c1cccc(-c2ccn[nH]2)c1. The third-order valence-corrected chi connectivity index (χ3v) is 3.99. The van der Waals surface area contributed by atoms with Crippen LogP contribution in [-0.2, 0) is 9.84 Å². The van der Waals surface area contributed by atoms with Crippen LogP contribution in [0.4, 0.5) is 0 Å². The molecular formula is C12H12N2O2S. The van der Waals surface area contributed by atoms with Crippen LogP contribution < -0.4 is 0 Å². The molecule has 1 N–H and O–H groups in total. The largest absolute Gasteiger partial charge is 0.278 e. The number of aromatic amines is 1. The first-order valence-corrected chi connectivity index (χ1v) is 6.72. The van der Waals surface area contributed by atoms with Crippen LogP contribution in [0.25, 0.3) is 11.3 Å². The fourth-order valence-electron chi connectivity index (χ4n) is 1.53. The summed E-state index contributed by atoms with van der Waals surface area (Å²) in [6, 6.07) is 8.55. The van der Waals surface area contributed by atoms with Crippen molar-refractivity contribution in [1.82, 2.24) is 10.2 Å². The van der Waals surface area contributed by atoms with Gasteiger partial charge in [-0.1, -0.05) is 18.2 Å². The maximum Gasteiger partial charge on any atom is 0.181 e. The second-order valence-corrected chi connectivity index (χ2v) is 5.60. The van der Waals surface area contributed by atoms with E-state index in [1.807, 2.05) is 6.07 Å². The highest BCUT2D eigenvalue weighted by Crippen LogP contribution is 2.20. The van der Waals surface area contributed by atoms with Crippen molar-refractivity contribution in [2.75, 3.05) is 5.75 Å². The van der Waals surface area contributed by atoms with E-state index in [0.29, 0.717) is 4.90 Å². The van der Waals surface area contributed by atoms with Gasteiger partial charge in [-0.15, -0.1) is 6.58 Å². The summed E-state index contributed by atoms with van der Waals surface area (Å²) in [6.07, 6.45) is 3.01. The van der Waals surface area contributed by atoms with Crippen LogP contribution in [0.2, 0.25) is 0 Å². The van der Waals surface area contributed by atoms with Gasteiger partial charge in [0.05, 0.1) is 16.3 Å². The number of hydrogen-bond donors (Lipinski definition) is 1. The molecule has 2 rings (SSSR count). The molecule has 1 aromatic heterocycles. The van der Waals surface area contributed by atoms with Gasteiger partial charge >= 0.3 is 0 Å². The normalized spacial score (nSPS) is 11.3. The van der Waals surface area contributed by atoms with Crippen molar-refractivity contribution in [2.24, 2.45) is 0 Å². The smallest absolute Gasteiger partial charge is 0.181 e. The van der Waals surface area contributed by atoms with Gasteiger partial charge in [-0.2, -0.15) is 5.10 Å². The minimum Gasteiger partial charge on any atom is -0.278 e. The number of H-pyrrole nitrogens is 1. The Balaban J connectivity index is 2.46. The number of rotatable bonds is 4. The van der Waals surface area contributed by atoms with Crippen LogP contribution in [0.5, 0.6) is 0 Å². The maximum atomic E-state index is 11.9. The van der Waals surface area contributed by atoms with Gasteiger partial charge in [0.1, 0.15) is 0 Å². The third kappa shape index (κ3) is 2.45. The number of aromatic nitrogens is 2. The van der Waals surface area contributed by atoms with Gasteiger partial charge in [0.15, 0.2) is 9.84 Å². The van der Waals surface area contributed by atoms with E-state index in [2.05, 4.69) is 16.8 Å². The van der Waals surface area contributed by atoms with Gasteiger partial charge < -0.3 is 0 Å². The molecule has 4 nitrogen and oxygen atoms in total. The Morgan fingerprint density at radius 2 is 2.18 bits per heavy atom. The Morgan fingerprint density at radius 1 is 1.35 bits per heavy atom. The molecule has 1 aromatic carbocycles. The van der Waals surface area contributed by atoms with Gasteiger partial charge in [-0.05, 0) is 18.2 Å². The van der Waals surface area contributed by atoms with Crippen molar-refractivity contribution < 1.29 is 8.42 Å². The molecule has 0 radical (unpaired) electrons. The molecule has 0 aliphatic heterocycles. The van der Waals surface area contributed by atoms with Gasteiger partial charge in [0, 0.05) is 11.8 Å². The average molecular weight is 248 g/mol. The molecule has 0 spiro atoms. The fourth-order valence-corrected chi connectivity index (χ4v) is 2.62. The lowest BCUT2D eigenvalue weighted by Crippen LogP contribution is -2.04. The second-order valence-electron chi connectivity index (χ2n) is 3.57. The first-order chi connectivity index (χ1) is 8.13. The lowest BCUT2D eigenvalue weighted by Gasteiger charge is -2.03. The summed E-state index contributed by atoms with van der Waals surface area (Å²) in [4.78, 5) is 0.296. The highest BCUT2D eigenvalue weighted by atomic mass is 32.2. The molecule has 0 bridgehead atoms. The summed E-state index contributed by atoms with van der Waals surface area (Å²) in [5, 5.41) is 6.64.